The van der Waals surface area contributed by atoms with E-state index in [2.05, 4.69) is 10.1 Å². The van der Waals surface area contributed by atoms with Gasteiger partial charge < -0.3 is 14.2 Å². The Morgan fingerprint density at radius 1 is 0.917 bits per heavy atom. The van der Waals surface area contributed by atoms with E-state index in [1.54, 1.807) is 6.08 Å². The van der Waals surface area contributed by atoms with Crippen LogP contribution in [0, 0.1) is 0 Å². The lowest BCUT2D eigenvalue weighted by atomic mass is 10.1. The summed E-state index contributed by atoms with van der Waals surface area (Å²) in [6.07, 6.45) is 3.83. The van der Waals surface area contributed by atoms with E-state index >= 15 is 0 Å². The van der Waals surface area contributed by atoms with E-state index in [-0.39, 0.29) is 22.6 Å². The number of nitrogens with zero attached hydrogens (tertiary/aromatic N) is 3. The molecule has 36 heavy (non-hydrogen) atoms. The Morgan fingerprint density at radius 3 is 2.39 bits per heavy atom. The molecule has 2 aromatic carbocycles. The van der Waals surface area contributed by atoms with Crippen molar-refractivity contribution < 1.29 is 14.2 Å². The second kappa shape index (κ2) is 11.8. The van der Waals surface area contributed by atoms with Crippen LogP contribution >= 0.6 is 11.3 Å². The normalized spacial score (nSPS) is 11.7. The Kier molecular flexibility index (Phi) is 8.32. The van der Waals surface area contributed by atoms with Crippen LogP contribution in [0.3, 0.4) is 0 Å². The van der Waals surface area contributed by atoms with Crippen LogP contribution in [0.4, 0.5) is 0 Å². The van der Waals surface area contributed by atoms with Gasteiger partial charge in [0, 0.05) is 6.42 Å². The first kappa shape index (κ1) is 25.4. The van der Waals surface area contributed by atoms with E-state index in [9.17, 15) is 9.59 Å². The van der Waals surface area contributed by atoms with Gasteiger partial charge in [0.15, 0.2) is 11.5 Å². The molecular weight excluding hydrogens is 478 g/mol. The van der Waals surface area contributed by atoms with Gasteiger partial charge in [-0.1, -0.05) is 43.4 Å². The van der Waals surface area contributed by atoms with E-state index < -0.39 is 5.56 Å². The SMILES string of the molecule is CCCOc1ccc(Cc2nn3c(=O)c(=Cc4ccc(OCCC)c(OCC)c4)sc3nc2=O)cc1. The van der Waals surface area contributed by atoms with Crippen LogP contribution in [0.5, 0.6) is 17.2 Å². The molecule has 0 atom stereocenters. The van der Waals surface area contributed by atoms with Crippen LogP contribution in [0.25, 0.3) is 11.0 Å². The van der Waals surface area contributed by atoms with Crippen molar-refractivity contribution in [3.63, 3.8) is 0 Å². The smallest absolute Gasteiger partial charge is 0.296 e. The molecule has 0 bridgehead atoms. The zero-order chi connectivity index (χ0) is 25.5. The fourth-order valence-corrected chi connectivity index (χ4v) is 4.44. The van der Waals surface area contributed by atoms with Gasteiger partial charge in [-0.3, -0.25) is 9.59 Å². The Labute approximate surface area is 212 Å². The predicted octanol–water partition coefficient (Wildman–Crippen LogP) is 3.63. The highest BCUT2D eigenvalue weighted by atomic mass is 32.1. The summed E-state index contributed by atoms with van der Waals surface area (Å²) in [4.78, 5) is 30.1. The van der Waals surface area contributed by atoms with Gasteiger partial charge in [0.05, 0.1) is 24.4 Å². The molecule has 9 heteroatoms. The Hall–Kier alpha value is -3.72. The van der Waals surface area contributed by atoms with Gasteiger partial charge in [-0.15, -0.1) is 0 Å². The van der Waals surface area contributed by atoms with E-state index in [1.165, 1.54) is 4.52 Å². The molecule has 0 unspecified atom stereocenters. The van der Waals surface area contributed by atoms with Crippen LogP contribution < -0.4 is 29.9 Å². The zero-order valence-corrected chi connectivity index (χ0v) is 21.5. The molecule has 188 valence electrons. The highest BCUT2D eigenvalue weighted by Crippen LogP contribution is 2.29. The number of ether oxygens (including phenoxy) is 3. The lowest BCUT2D eigenvalue weighted by Gasteiger charge is -2.11. The van der Waals surface area contributed by atoms with E-state index in [0.717, 1.165) is 41.1 Å². The lowest BCUT2D eigenvalue weighted by Crippen LogP contribution is -2.28. The van der Waals surface area contributed by atoms with E-state index in [0.29, 0.717) is 35.9 Å². The first-order valence-corrected chi connectivity index (χ1v) is 12.9. The van der Waals surface area contributed by atoms with Crippen LogP contribution in [-0.4, -0.2) is 34.4 Å². The van der Waals surface area contributed by atoms with Crippen molar-refractivity contribution in [3.05, 3.63) is 84.5 Å². The summed E-state index contributed by atoms with van der Waals surface area (Å²) >= 11 is 1.13. The van der Waals surface area contributed by atoms with Crippen molar-refractivity contribution in [2.24, 2.45) is 0 Å². The van der Waals surface area contributed by atoms with Crippen molar-refractivity contribution in [1.29, 1.82) is 0 Å². The summed E-state index contributed by atoms with van der Waals surface area (Å²) in [6, 6.07) is 13.0. The predicted molar refractivity (Wildman–Crippen MR) is 141 cm³/mol. The van der Waals surface area contributed by atoms with Crippen LogP contribution in [0.2, 0.25) is 0 Å². The molecule has 0 saturated heterocycles. The van der Waals surface area contributed by atoms with E-state index in [1.807, 2.05) is 63.2 Å². The van der Waals surface area contributed by atoms with Crippen molar-refractivity contribution in [3.8, 4) is 17.2 Å². The minimum absolute atomic E-state index is 0.215. The fraction of sp³-hybridized carbons (Fsp3) is 0.333. The molecule has 0 fully saturated rings. The Bertz CT molecular complexity index is 1500. The second-order valence-corrected chi connectivity index (χ2v) is 9.14. The third kappa shape index (κ3) is 5.91. The summed E-state index contributed by atoms with van der Waals surface area (Å²) in [5.41, 5.74) is 1.11. The molecule has 0 amide bonds. The van der Waals surface area contributed by atoms with Crippen LogP contribution in [0.1, 0.15) is 50.4 Å². The Balaban J connectivity index is 1.64. The number of aromatic nitrogens is 3. The molecule has 0 radical (unpaired) electrons. The number of hydrogen-bond donors (Lipinski definition) is 0. The molecule has 8 nitrogen and oxygen atoms in total. The van der Waals surface area contributed by atoms with Gasteiger partial charge in [-0.05, 0) is 61.2 Å². The molecule has 2 aromatic heterocycles. The molecular formula is C27H29N3O5S. The van der Waals surface area contributed by atoms with E-state index in [4.69, 9.17) is 14.2 Å². The number of benzene rings is 2. The number of thiazole rings is 1. The molecule has 0 saturated carbocycles. The molecule has 0 spiro atoms. The van der Waals surface area contributed by atoms with Crippen LogP contribution in [-0.2, 0) is 6.42 Å². The molecule has 0 N–H and O–H groups in total. The first-order valence-electron chi connectivity index (χ1n) is 12.1. The van der Waals surface area contributed by atoms with Gasteiger partial charge >= 0.3 is 0 Å². The lowest BCUT2D eigenvalue weighted by molar-refractivity contribution is 0.277. The van der Waals surface area contributed by atoms with Gasteiger partial charge in [0.25, 0.3) is 11.1 Å². The van der Waals surface area contributed by atoms with Gasteiger partial charge in [-0.25, -0.2) is 0 Å². The minimum atomic E-state index is -0.440. The number of fused-ring (bicyclic) bond motifs is 1. The molecule has 4 rings (SSSR count). The zero-order valence-electron chi connectivity index (χ0n) is 20.7. The average molecular weight is 508 g/mol. The van der Waals surface area contributed by atoms with Crippen molar-refractivity contribution in [1.82, 2.24) is 14.6 Å². The maximum absolute atomic E-state index is 13.1. The quantitative estimate of drug-likeness (QED) is 0.306. The maximum Gasteiger partial charge on any atom is 0.296 e. The summed E-state index contributed by atoms with van der Waals surface area (Å²) in [6.45, 7) is 7.73. The highest BCUT2D eigenvalue weighted by molar-refractivity contribution is 7.15. The summed E-state index contributed by atoms with van der Waals surface area (Å²) in [5.74, 6) is 2.06. The minimum Gasteiger partial charge on any atom is -0.494 e. The standard InChI is InChI=1S/C27H29N3O5S/c1-4-13-34-20-10-7-18(8-11-20)15-21-25(31)28-27-30(29-21)26(32)24(36-27)17-19-9-12-22(35-14-5-2)23(16-19)33-6-3/h7-12,16-17H,4-6,13-15H2,1-3H3. The first-order chi connectivity index (χ1) is 17.5. The monoisotopic (exact) mass is 507 g/mol. The van der Waals surface area contributed by atoms with Crippen LogP contribution in [0.15, 0.2) is 52.1 Å². The van der Waals surface area contributed by atoms with Gasteiger partial charge in [0.1, 0.15) is 11.4 Å². The van der Waals surface area contributed by atoms with Crippen molar-refractivity contribution >= 4 is 22.4 Å². The molecule has 0 aliphatic rings. The largest absolute Gasteiger partial charge is 0.494 e. The number of hydrogen-bond acceptors (Lipinski definition) is 8. The topological polar surface area (TPSA) is 92.0 Å². The van der Waals surface area contributed by atoms with Gasteiger partial charge in [0.2, 0.25) is 4.96 Å². The summed E-state index contributed by atoms with van der Waals surface area (Å²) < 4.78 is 18.7. The second-order valence-electron chi connectivity index (χ2n) is 8.13. The fourth-order valence-electron chi connectivity index (χ4n) is 3.53. The van der Waals surface area contributed by atoms with Crippen molar-refractivity contribution in [2.75, 3.05) is 19.8 Å². The third-order valence-corrected chi connectivity index (χ3v) is 6.20. The summed E-state index contributed by atoms with van der Waals surface area (Å²) in [7, 11) is 0. The maximum atomic E-state index is 13.1. The summed E-state index contributed by atoms with van der Waals surface area (Å²) in [5, 5.41) is 4.34. The Morgan fingerprint density at radius 2 is 1.67 bits per heavy atom. The molecule has 0 aliphatic heterocycles. The highest BCUT2D eigenvalue weighted by Gasteiger charge is 2.13. The molecule has 0 aliphatic carbocycles. The number of rotatable bonds is 11. The molecule has 4 aromatic rings. The van der Waals surface area contributed by atoms with Gasteiger partial charge in [-0.2, -0.15) is 14.6 Å². The van der Waals surface area contributed by atoms with Crippen molar-refractivity contribution in [2.45, 2.75) is 40.0 Å². The third-order valence-electron chi connectivity index (χ3n) is 5.25. The molecule has 2 heterocycles. The average Bonchev–Trinajstić information content (AvgIpc) is 3.17.